The van der Waals surface area contributed by atoms with Crippen molar-refractivity contribution in [1.29, 1.82) is 0 Å². The van der Waals surface area contributed by atoms with Gasteiger partial charge in [0.15, 0.2) is 0 Å². The minimum atomic E-state index is -0.862. The first-order valence-electron chi connectivity index (χ1n) is 9.27. The number of rotatable bonds is 4. The highest BCUT2D eigenvalue weighted by molar-refractivity contribution is 6.00. The summed E-state index contributed by atoms with van der Waals surface area (Å²) in [7, 11) is 3.52. The molecule has 0 spiro atoms. The van der Waals surface area contributed by atoms with Gasteiger partial charge in [-0.3, -0.25) is 4.79 Å². The number of alkyl carbamates (subject to hydrolysis) is 1. The van der Waals surface area contributed by atoms with Crippen molar-refractivity contribution in [1.82, 2.24) is 14.9 Å². The lowest BCUT2D eigenvalue weighted by atomic mass is 10.2. The third kappa shape index (κ3) is 4.98. The van der Waals surface area contributed by atoms with Crippen LogP contribution in [0, 0.1) is 0 Å². The number of aryl methyl sites for hydroxylation is 1. The van der Waals surface area contributed by atoms with Crippen molar-refractivity contribution in [3.63, 3.8) is 0 Å². The van der Waals surface area contributed by atoms with Crippen LogP contribution in [-0.2, 0) is 23.2 Å². The van der Waals surface area contributed by atoms with Crippen molar-refractivity contribution in [2.24, 2.45) is 7.05 Å². The molecule has 2 heterocycles. The molecule has 0 unspecified atom stereocenters. The third-order valence-corrected chi connectivity index (χ3v) is 4.31. The Morgan fingerprint density at radius 2 is 2.10 bits per heavy atom. The van der Waals surface area contributed by atoms with Gasteiger partial charge in [0.05, 0.1) is 5.69 Å². The van der Waals surface area contributed by atoms with E-state index in [2.05, 4.69) is 10.3 Å². The fourth-order valence-electron chi connectivity index (χ4n) is 2.80. The Morgan fingerprint density at radius 3 is 2.76 bits per heavy atom. The van der Waals surface area contributed by atoms with Crippen LogP contribution < -0.4 is 19.7 Å². The zero-order valence-electron chi connectivity index (χ0n) is 17.3. The third-order valence-electron chi connectivity index (χ3n) is 4.31. The van der Waals surface area contributed by atoms with Gasteiger partial charge in [-0.05, 0) is 32.9 Å². The molecule has 0 saturated heterocycles. The second kappa shape index (κ2) is 8.02. The van der Waals surface area contributed by atoms with Crippen molar-refractivity contribution in [3.05, 3.63) is 36.4 Å². The second-order valence-electron chi connectivity index (χ2n) is 7.78. The normalized spacial score (nSPS) is 16.5. The van der Waals surface area contributed by atoms with E-state index in [0.29, 0.717) is 23.8 Å². The molecule has 0 fully saturated rings. The summed E-state index contributed by atoms with van der Waals surface area (Å²) in [6.45, 7) is 5.57. The number of anilines is 1. The van der Waals surface area contributed by atoms with Crippen LogP contribution in [0.15, 0.2) is 30.6 Å². The number of nitrogens with one attached hydrogen (secondary N) is 1. The summed E-state index contributed by atoms with van der Waals surface area (Å²) >= 11 is 0. The molecule has 9 nitrogen and oxygen atoms in total. The average molecular weight is 402 g/mol. The zero-order valence-corrected chi connectivity index (χ0v) is 17.3. The summed E-state index contributed by atoms with van der Waals surface area (Å²) in [5.41, 5.74) is -0.103. The van der Waals surface area contributed by atoms with Crippen molar-refractivity contribution in [3.8, 4) is 11.5 Å². The summed E-state index contributed by atoms with van der Waals surface area (Å²) in [6, 6.07) is 4.37. The first-order valence-corrected chi connectivity index (χ1v) is 9.27. The highest BCUT2D eigenvalue weighted by Gasteiger charge is 2.32. The number of aromatic nitrogens is 2. The maximum Gasteiger partial charge on any atom is 0.408 e. The smallest absolute Gasteiger partial charge is 0.408 e. The minimum Gasteiger partial charge on any atom is -0.489 e. The largest absolute Gasteiger partial charge is 0.489 e. The Balaban J connectivity index is 1.71. The summed E-state index contributed by atoms with van der Waals surface area (Å²) in [5, 5.41) is 2.58. The van der Waals surface area contributed by atoms with Crippen LogP contribution in [-0.4, -0.2) is 46.8 Å². The Kier molecular flexibility index (Phi) is 5.67. The van der Waals surface area contributed by atoms with E-state index in [1.54, 1.807) is 52.2 Å². The van der Waals surface area contributed by atoms with Crippen LogP contribution in [0.5, 0.6) is 11.5 Å². The predicted molar refractivity (Wildman–Crippen MR) is 106 cm³/mol. The Morgan fingerprint density at radius 1 is 1.34 bits per heavy atom. The maximum atomic E-state index is 12.8. The number of ether oxygens (including phenoxy) is 3. The number of amides is 2. The van der Waals surface area contributed by atoms with E-state index in [0.717, 1.165) is 5.82 Å². The Bertz CT molecular complexity index is 903. The molecule has 0 aliphatic carbocycles. The average Bonchev–Trinajstić information content (AvgIpc) is 3.01. The van der Waals surface area contributed by atoms with Gasteiger partial charge >= 0.3 is 6.09 Å². The molecule has 1 aromatic carbocycles. The molecular weight excluding hydrogens is 376 g/mol. The first-order chi connectivity index (χ1) is 13.6. The van der Waals surface area contributed by atoms with E-state index >= 15 is 0 Å². The highest BCUT2D eigenvalue weighted by atomic mass is 16.6. The van der Waals surface area contributed by atoms with Gasteiger partial charge in [-0.25, -0.2) is 9.78 Å². The van der Waals surface area contributed by atoms with Crippen LogP contribution in [0.4, 0.5) is 10.5 Å². The van der Waals surface area contributed by atoms with Crippen LogP contribution in [0.2, 0.25) is 0 Å². The van der Waals surface area contributed by atoms with Crippen LogP contribution in [0.1, 0.15) is 26.6 Å². The fraction of sp³-hybridized carbons (Fsp3) is 0.450. The monoisotopic (exact) mass is 402 g/mol. The number of carbonyl (C=O) groups is 2. The molecule has 1 aliphatic rings. The number of imidazole rings is 1. The van der Waals surface area contributed by atoms with Gasteiger partial charge in [0.25, 0.3) is 5.91 Å². The van der Waals surface area contributed by atoms with Crippen molar-refractivity contribution in [2.75, 3.05) is 18.6 Å². The lowest BCUT2D eigenvalue weighted by molar-refractivity contribution is -0.120. The lowest BCUT2D eigenvalue weighted by Gasteiger charge is -2.23. The van der Waals surface area contributed by atoms with Crippen molar-refractivity contribution >= 4 is 17.7 Å². The number of benzene rings is 1. The molecule has 1 aliphatic heterocycles. The number of fused-ring (bicyclic) bond motifs is 1. The molecule has 2 amide bonds. The molecule has 9 heteroatoms. The van der Waals surface area contributed by atoms with E-state index < -0.39 is 17.7 Å². The Hall–Kier alpha value is -3.23. The zero-order chi connectivity index (χ0) is 21.2. The number of hydrogen-bond acceptors (Lipinski definition) is 6. The van der Waals surface area contributed by atoms with Gasteiger partial charge in [-0.2, -0.15) is 0 Å². The van der Waals surface area contributed by atoms with Gasteiger partial charge in [-0.15, -0.1) is 0 Å². The predicted octanol–water partition coefficient (Wildman–Crippen LogP) is 2.25. The minimum absolute atomic E-state index is 0.00287. The van der Waals surface area contributed by atoms with E-state index in [-0.39, 0.29) is 12.5 Å². The first kappa shape index (κ1) is 20.5. The van der Waals surface area contributed by atoms with E-state index in [4.69, 9.17) is 14.2 Å². The molecule has 1 aromatic heterocycles. The molecule has 1 atom stereocenters. The summed E-state index contributed by atoms with van der Waals surface area (Å²) in [6.07, 6.45) is 2.87. The topological polar surface area (TPSA) is 94.9 Å². The summed E-state index contributed by atoms with van der Waals surface area (Å²) in [5.74, 6) is 1.57. The molecule has 0 saturated carbocycles. The number of likely N-dealkylation sites (N-methyl/N-ethyl adjacent to an activating group) is 1. The summed E-state index contributed by atoms with van der Waals surface area (Å²) in [4.78, 5) is 30.5. The number of hydrogen-bond donors (Lipinski definition) is 1. The van der Waals surface area contributed by atoms with E-state index in [9.17, 15) is 9.59 Å². The highest BCUT2D eigenvalue weighted by Crippen LogP contribution is 2.34. The van der Waals surface area contributed by atoms with Crippen LogP contribution >= 0.6 is 0 Å². The maximum absolute atomic E-state index is 12.8. The molecule has 156 valence electrons. The lowest BCUT2D eigenvalue weighted by Crippen LogP contribution is -2.50. The molecule has 1 N–H and O–H groups in total. The standard InChI is InChI=1S/C20H26N4O5/c1-20(2,3)29-19(26)22-14-11-28-16-7-6-13(10-15(16)24(5)18(14)25)27-12-17-21-8-9-23(17)4/h6-10,14H,11-12H2,1-5H3,(H,22,26)/t14-/m0/s1. The molecule has 2 aromatic rings. The number of nitrogens with zero attached hydrogens (tertiary/aromatic N) is 3. The van der Waals surface area contributed by atoms with Gasteiger partial charge in [-0.1, -0.05) is 0 Å². The quantitative estimate of drug-likeness (QED) is 0.843. The Labute approximate surface area is 169 Å². The van der Waals surface area contributed by atoms with Gasteiger partial charge in [0.2, 0.25) is 0 Å². The van der Waals surface area contributed by atoms with Gasteiger partial charge < -0.3 is 29.0 Å². The molecule has 0 radical (unpaired) electrons. The SMILES string of the molecule is CN1C(=O)[C@@H](NC(=O)OC(C)(C)C)COc2ccc(OCc3nccn3C)cc21. The van der Waals surface area contributed by atoms with Crippen molar-refractivity contribution < 1.29 is 23.8 Å². The molecule has 0 bridgehead atoms. The molecule has 29 heavy (non-hydrogen) atoms. The summed E-state index contributed by atoms with van der Waals surface area (Å²) < 4.78 is 18.7. The van der Waals surface area contributed by atoms with Gasteiger partial charge in [0, 0.05) is 32.6 Å². The van der Waals surface area contributed by atoms with E-state index in [1.165, 1.54) is 4.90 Å². The fourth-order valence-corrected chi connectivity index (χ4v) is 2.80. The van der Waals surface area contributed by atoms with Crippen LogP contribution in [0.25, 0.3) is 0 Å². The molecular formula is C20H26N4O5. The van der Waals surface area contributed by atoms with Crippen molar-refractivity contribution in [2.45, 2.75) is 39.0 Å². The van der Waals surface area contributed by atoms with Gasteiger partial charge in [0.1, 0.15) is 42.2 Å². The molecule has 3 rings (SSSR count). The second-order valence-corrected chi connectivity index (χ2v) is 7.78. The number of carbonyl (C=O) groups excluding carboxylic acids is 2. The van der Waals surface area contributed by atoms with Crippen LogP contribution in [0.3, 0.4) is 0 Å². The van der Waals surface area contributed by atoms with E-state index in [1.807, 2.05) is 17.8 Å².